The highest BCUT2D eigenvalue weighted by Gasteiger charge is 2.53. The van der Waals surface area contributed by atoms with Crippen LogP contribution in [0.3, 0.4) is 0 Å². The molecule has 4 amide bonds. The third kappa shape index (κ3) is 4.20. The number of benzene rings is 2. The van der Waals surface area contributed by atoms with E-state index in [0.717, 1.165) is 10.6 Å². The van der Waals surface area contributed by atoms with Crippen molar-refractivity contribution in [3.63, 3.8) is 0 Å². The number of hydrazine groups is 1. The normalized spacial score (nSPS) is 18.8. The van der Waals surface area contributed by atoms with Crippen LogP contribution in [0.5, 0.6) is 0 Å². The summed E-state index contributed by atoms with van der Waals surface area (Å²) < 4.78 is 0. The lowest BCUT2D eigenvalue weighted by Gasteiger charge is -2.35. The molecule has 1 aliphatic heterocycles. The molecule has 0 bridgehead atoms. The number of imide groups is 1. The standard InChI is InChI=1S/C22H23N5O5/c1-14(28)26(18(12-19(29)30)16-6-4-3-5-7-16)27-20(31)22(2,25-21(27)32)17-10-8-15(9-11-17)13-24-23/h3-11,18,23H,12-13H2,1-2H3,(H,25,32)(H,29,30)/t18-,22-/m0/s1. The van der Waals surface area contributed by atoms with Gasteiger partial charge < -0.3 is 10.4 Å². The number of carbonyl (C=O) groups excluding carboxylic acids is 3. The predicted molar refractivity (Wildman–Crippen MR) is 112 cm³/mol. The highest BCUT2D eigenvalue weighted by molar-refractivity contribution is 6.08. The van der Waals surface area contributed by atoms with Gasteiger partial charge in [-0.1, -0.05) is 54.6 Å². The summed E-state index contributed by atoms with van der Waals surface area (Å²) in [6, 6.07) is 13.2. The number of carboxylic acid groups (broad SMARTS) is 1. The van der Waals surface area contributed by atoms with Crippen molar-refractivity contribution in [2.24, 2.45) is 5.11 Å². The molecule has 166 valence electrons. The van der Waals surface area contributed by atoms with Gasteiger partial charge in [-0.15, -0.1) is 0 Å². The number of aliphatic carboxylic acids is 1. The van der Waals surface area contributed by atoms with Gasteiger partial charge in [0, 0.05) is 6.92 Å². The van der Waals surface area contributed by atoms with Crippen LogP contribution in [0.25, 0.3) is 0 Å². The van der Waals surface area contributed by atoms with Gasteiger partial charge in [-0.25, -0.2) is 15.3 Å². The lowest BCUT2D eigenvalue weighted by atomic mass is 9.91. The first-order valence-corrected chi connectivity index (χ1v) is 9.85. The number of carboxylic acids is 1. The average molecular weight is 437 g/mol. The van der Waals surface area contributed by atoms with Gasteiger partial charge in [0.2, 0.25) is 5.91 Å². The summed E-state index contributed by atoms with van der Waals surface area (Å²) in [6.45, 7) is 2.88. The second-order valence-corrected chi connectivity index (χ2v) is 7.57. The van der Waals surface area contributed by atoms with Crippen LogP contribution in [0.4, 0.5) is 4.79 Å². The van der Waals surface area contributed by atoms with E-state index in [-0.39, 0.29) is 6.54 Å². The molecule has 1 aliphatic rings. The van der Waals surface area contributed by atoms with E-state index in [2.05, 4.69) is 10.4 Å². The Morgan fingerprint density at radius 3 is 2.31 bits per heavy atom. The van der Waals surface area contributed by atoms with Crippen molar-refractivity contribution in [2.45, 2.75) is 38.4 Å². The molecule has 2 aromatic carbocycles. The van der Waals surface area contributed by atoms with Gasteiger partial charge in [0.15, 0.2) is 0 Å². The predicted octanol–water partition coefficient (Wildman–Crippen LogP) is 2.96. The van der Waals surface area contributed by atoms with Gasteiger partial charge >= 0.3 is 12.0 Å². The molecule has 0 radical (unpaired) electrons. The first-order chi connectivity index (χ1) is 15.2. The molecule has 0 spiro atoms. The van der Waals surface area contributed by atoms with E-state index in [1.165, 1.54) is 13.8 Å². The molecular formula is C22H23N5O5. The van der Waals surface area contributed by atoms with Crippen molar-refractivity contribution in [3.05, 3.63) is 71.3 Å². The summed E-state index contributed by atoms with van der Waals surface area (Å²) in [5.41, 5.74) is 7.21. The molecule has 1 saturated heterocycles. The molecule has 0 unspecified atom stereocenters. The van der Waals surface area contributed by atoms with Crippen molar-refractivity contribution in [1.82, 2.24) is 15.3 Å². The molecule has 1 fully saturated rings. The molecular weight excluding hydrogens is 414 g/mol. The molecule has 0 aromatic heterocycles. The van der Waals surface area contributed by atoms with Crippen LogP contribution >= 0.6 is 0 Å². The molecule has 2 atom stereocenters. The largest absolute Gasteiger partial charge is 0.481 e. The first-order valence-electron chi connectivity index (χ1n) is 9.85. The van der Waals surface area contributed by atoms with Crippen molar-refractivity contribution >= 4 is 23.8 Å². The maximum Gasteiger partial charge on any atom is 0.344 e. The number of urea groups is 1. The minimum Gasteiger partial charge on any atom is -0.481 e. The number of hydrogen-bond acceptors (Lipinski definition) is 6. The summed E-state index contributed by atoms with van der Waals surface area (Å²) >= 11 is 0. The van der Waals surface area contributed by atoms with Crippen LogP contribution < -0.4 is 5.32 Å². The number of nitrogens with one attached hydrogen (secondary N) is 2. The Hall–Kier alpha value is -4.08. The minimum atomic E-state index is -1.47. The quantitative estimate of drug-likeness (QED) is 0.430. The second kappa shape index (κ2) is 8.96. The van der Waals surface area contributed by atoms with E-state index in [1.54, 1.807) is 54.6 Å². The summed E-state index contributed by atoms with van der Waals surface area (Å²) in [4.78, 5) is 50.6. The lowest BCUT2D eigenvalue weighted by Crippen LogP contribution is -2.52. The second-order valence-electron chi connectivity index (χ2n) is 7.57. The van der Waals surface area contributed by atoms with E-state index in [9.17, 15) is 24.3 Å². The van der Waals surface area contributed by atoms with Crippen LogP contribution in [0.2, 0.25) is 0 Å². The van der Waals surface area contributed by atoms with Crippen molar-refractivity contribution in [2.75, 3.05) is 0 Å². The molecule has 10 nitrogen and oxygen atoms in total. The van der Waals surface area contributed by atoms with E-state index in [0.29, 0.717) is 16.1 Å². The van der Waals surface area contributed by atoms with Gasteiger partial charge in [0.25, 0.3) is 5.91 Å². The summed E-state index contributed by atoms with van der Waals surface area (Å²) in [7, 11) is 0. The topological polar surface area (TPSA) is 143 Å². The highest BCUT2D eigenvalue weighted by Crippen LogP contribution is 2.34. The third-order valence-electron chi connectivity index (χ3n) is 5.35. The van der Waals surface area contributed by atoms with E-state index in [1.807, 2.05) is 0 Å². The third-order valence-corrected chi connectivity index (χ3v) is 5.35. The van der Waals surface area contributed by atoms with Crippen LogP contribution in [0, 0.1) is 5.53 Å². The highest BCUT2D eigenvalue weighted by atomic mass is 16.4. The SMILES string of the molecule is CC(=O)N([C@@H](CC(=O)O)c1ccccc1)N1C(=O)N[C@@](C)(c2ccc(CN=N)cc2)C1=O. The van der Waals surface area contributed by atoms with Crippen molar-refractivity contribution in [3.8, 4) is 0 Å². The smallest absolute Gasteiger partial charge is 0.344 e. The van der Waals surface area contributed by atoms with E-state index >= 15 is 0 Å². The fourth-order valence-electron chi connectivity index (χ4n) is 3.74. The number of nitrogens with zero attached hydrogens (tertiary/aromatic N) is 3. The first kappa shape index (κ1) is 22.6. The van der Waals surface area contributed by atoms with Crippen LogP contribution in [0.15, 0.2) is 59.7 Å². The number of hydrogen-bond donors (Lipinski definition) is 3. The maximum absolute atomic E-state index is 13.5. The minimum absolute atomic E-state index is 0.190. The van der Waals surface area contributed by atoms with Gasteiger partial charge in [-0.05, 0) is 23.6 Å². The van der Waals surface area contributed by atoms with Crippen LogP contribution in [0.1, 0.15) is 43.0 Å². The Morgan fingerprint density at radius 1 is 1.16 bits per heavy atom. The molecule has 0 aliphatic carbocycles. The molecule has 3 rings (SSSR count). The zero-order valence-corrected chi connectivity index (χ0v) is 17.6. The summed E-state index contributed by atoms with van der Waals surface area (Å²) in [6.07, 6.45) is -0.497. The molecule has 2 aromatic rings. The molecule has 32 heavy (non-hydrogen) atoms. The van der Waals surface area contributed by atoms with Gasteiger partial charge in [-0.3, -0.25) is 14.4 Å². The Bertz CT molecular complexity index is 1060. The van der Waals surface area contributed by atoms with Gasteiger partial charge in [-0.2, -0.15) is 10.1 Å². The number of carbonyl (C=O) groups is 4. The summed E-state index contributed by atoms with van der Waals surface area (Å²) in [5.74, 6) is -2.54. The van der Waals surface area contributed by atoms with E-state index < -0.39 is 41.8 Å². The monoisotopic (exact) mass is 437 g/mol. The fourth-order valence-corrected chi connectivity index (χ4v) is 3.74. The van der Waals surface area contributed by atoms with Gasteiger partial charge in [0.05, 0.1) is 19.0 Å². The number of rotatable bonds is 8. The average Bonchev–Trinajstić information content (AvgIpc) is 2.98. The molecule has 3 N–H and O–H groups in total. The summed E-state index contributed by atoms with van der Waals surface area (Å²) in [5, 5.41) is 17.0. The molecule has 1 heterocycles. The van der Waals surface area contributed by atoms with Crippen molar-refractivity contribution < 1.29 is 24.3 Å². The molecule has 0 saturated carbocycles. The lowest BCUT2D eigenvalue weighted by molar-refractivity contribution is -0.162. The van der Waals surface area contributed by atoms with E-state index in [4.69, 9.17) is 5.53 Å². The Labute approximate surface area is 184 Å². The van der Waals surface area contributed by atoms with Gasteiger partial charge in [0.1, 0.15) is 5.54 Å². The molecule has 10 heteroatoms. The zero-order chi connectivity index (χ0) is 23.5. The Kier molecular flexibility index (Phi) is 6.33. The van der Waals surface area contributed by atoms with Crippen LogP contribution in [-0.4, -0.2) is 38.9 Å². The van der Waals surface area contributed by atoms with Crippen LogP contribution in [-0.2, 0) is 26.5 Å². The van der Waals surface area contributed by atoms with Crippen molar-refractivity contribution in [1.29, 1.82) is 5.53 Å². The zero-order valence-electron chi connectivity index (χ0n) is 17.6. The number of amides is 4. The fraction of sp³-hybridized carbons (Fsp3) is 0.273. The Morgan fingerprint density at radius 2 is 1.78 bits per heavy atom. The Balaban J connectivity index is 2.02. The maximum atomic E-state index is 13.5.